The van der Waals surface area contributed by atoms with Crippen molar-refractivity contribution in [2.24, 2.45) is 0 Å². The standard InChI is InChI=1S/C10H12N4O2/c15-6-9(14-12-7-11-13-14)5-8-1-3-10(16)4-2-8/h1-4,7,9,15-16H,5-6H2. The highest BCUT2D eigenvalue weighted by molar-refractivity contribution is 5.26. The van der Waals surface area contributed by atoms with Gasteiger partial charge in [0.15, 0.2) is 6.33 Å². The number of aromatic hydroxyl groups is 1. The minimum atomic E-state index is -0.230. The molecule has 0 aliphatic heterocycles. The largest absolute Gasteiger partial charge is 0.508 e. The molecule has 0 radical (unpaired) electrons. The third-order valence-corrected chi connectivity index (χ3v) is 2.31. The number of hydrogen-bond acceptors (Lipinski definition) is 5. The van der Waals surface area contributed by atoms with Crippen LogP contribution in [0.5, 0.6) is 5.75 Å². The predicted octanol–water partition coefficient (Wildman–Crippen LogP) is 0.155. The maximum atomic E-state index is 9.24. The van der Waals surface area contributed by atoms with Crippen LogP contribution >= 0.6 is 0 Å². The van der Waals surface area contributed by atoms with Crippen LogP contribution in [-0.2, 0) is 6.42 Å². The van der Waals surface area contributed by atoms with Gasteiger partial charge >= 0.3 is 0 Å². The molecule has 0 aliphatic rings. The third kappa shape index (κ3) is 2.34. The van der Waals surface area contributed by atoms with Gasteiger partial charge in [0.2, 0.25) is 0 Å². The van der Waals surface area contributed by atoms with Gasteiger partial charge in [-0.3, -0.25) is 0 Å². The number of aliphatic hydroxyl groups excluding tert-OH is 1. The predicted molar refractivity (Wildman–Crippen MR) is 55.8 cm³/mol. The summed E-state index contributed by atoms with van der Waals surface area (Å²) in [6, 6.07) is 6.59. The van der Waals surface area contributed by atoms with Gasteiger partial charge in [-0.05, 0) is 29.3 Å². The van der Waals surface area contributed by atoms with Gasteiger partial charge in [0, 0.05) is 0 Å². The molecule has 6 heteroatoms. The van der Waals surface area contributed by atoms with E-state index in [-0.39, 0.29) is 18.4 Å². The fourth-order valence-electron chi connectivity index (χ4n) is 1.47. The first-order valence-corrected chi connectivity index (χ1v) is 4.91. The molecule has 84 valence electrons. The average molecular weight is 220 g/mol. The molecule has 0 saturated heterocycles. The lowest BCUT2D eigenvalue weighted by Gasteiger charge is -2.12. The molecule has 2 rings (SSSR count). The van der Waals surface area contributed by atoms with E-state index in [0.717, 1.165) is 5.56 Å². The molecule has 0 spiro atoms. The van der Waals surface area contributed by atoms with Crippen LogP contribution in [0.1, 0.15) is 11.6 Å². The summed E-state index contributed by atoms with van der Waals surface area (Å²) < 4.78 is 0. The SMILES string of the molecule is OCC(Cc1ccc(O)cc1)n1ncnn1. The van der Waals surface area contributed by atoms with Gasteiger partial charge in [-0.25, -0.2) is 0 Å². The molecule has 0 aliphatic carbocycles. The van der Waals surface area contributed by atoms with Crippen LogP contribution in [0.25, 0.3) is 0 Å². The number of hydrogen-bond donors (Lipinski definition) is 2. The van der Waals surface area contributed by atoms with Crippen LogP contribution in [0.15, 0.2) is 30.6 Å². The summed E-state index contributed by atoms with van der Waals surface area (Å²) in [4.78, 5) is 1.38. The van der Waals surface area contributed by atoms with Crippen molar-refractivity contribution in [1.82, 2.24) is 20.2 Å². The molecule has 1 atom stereocenters. The number of benzene rings is 1. The van der Waals surface area contributed by atoms with E-state index in [1.54, 1.807) is 24.3 Å². The molecule has 0 bridgehead atoms. The fourth-order valence-corrected chi connectivity index (χ4v) is 1.47. The first-order chi connectivity index (χ1) is 7.79. The van der Waals surface area contributed by atoms with Crippen molar-refractivity contribution in [2.45, 2.75) is 12.5 Å². The Balaban J connectivity index is 2.10. The molecule has 2 N–H and O–H groups in total. The van der Waals surface area contributed by atoms with E-state index in [1.165, 1.54) is 11.1 Å². The van der Waals surface area contributed by atoms with Gasteiger partial charge in [0.05, 0.1) is 6.61 Å². The Labute approximate surface area is 92.2 Å². The monoisotopic (exact) mass is 220 g/mol. The number of phenols is 1. The zero-order chi connectivity index (χ0) is 11.4. The van der Waals surface area contributed by atoms with Gasteiger partial charge < -0.3 is 10.2 Å². The molecule has 16 heavy (non-hydrogen) atoms. The molecule has 1 heterocycles. The second kappa shape index (κ2) is 4.71. The quantitative estimate of drug-likeness (QED) is 0.766. The minimum absolute atomic E-state index is 0.0583. The molecule has 0 saturated carbocycles. The topological polar surface area (TPSA) is 84.1 Å². The summed E-state index contributed by atoms with van der Waals surface area (Å²) in [5, 5.41) is 29.6. The molecule has 1 aromatic heterocycles. The zero-order valence-corrected chi connectivity index (χ0v) is 8.56. The van der Waals surface area contributed by atoms with E-state index in [0.29, 0.717) is 6.42 Å². The van der Waals surface area contributed by atoms with E-state index < -0.39 is 0 Å². The van der Waals surface area contributed by atoms with Crippen LogP contribution in [0, 0.1) is 0 Å². The minimum Gasteiger partial charge on any atom is -0.508 e. The fraction of sp³-hybridized carbons (Fsp3) is 0.300. The van der Waals surface area contributed by atoms with Crippen molar-refractivity contribution in [3.8, 4) is 5.75 Å². The lowest BCUT2D eigenvalue weighted by Crippen LogP contribution is -2.18. The second-order valence-electron chi connectivity index (χ2n) is 3.46. The lowest BCUT2D eigenvalue weighted by atomic mass is 10.1. The third-order valence-electron chi connectivity index (χ3n) is 2.31. The van der Waals surface area contributed by atoms with Crippen molar-refractivity contribution >= 4 is 0 Å². The number of rotatable bonds is 4. The van der Waals surface area contributed by atoms with E-state index in [4.69, 9.17) is 5.11 Å². The first-order valence-electron chi connectivity index (χ1n) is 4.91. The van der Waals surface area contributed by atoms with Crippen molar-refractivity contribution in [3.05, 3.63) is 36.2 Å². The highest BCUT2D eigenvalue weighted by Gasteiger charge is 2.12. The molecular formula is C10H12N4O2. The van der Waals surface area contributed by atoms with Crippen molar-refractivity contribution in [2.75, 3.05) is 6.61 Å². The number of phenolic OH excluding ortho intramolecular Hbond substituents is 1. The lowest BCUT2D eigenvalue weighted by molar-refractivity contribution is 0.204. The molecule has 1 aromatic carbocycles. The van der Waals surface area contributed by atoms with E-state index in [1.807, 2.05) is 0 Å². The highest BCUT2D eigenvalue weighted by atomic mass is 16.3. The number of tetrazole rings is 1. The number of nitrogens with zero attached hydrogens (tertiary/aromatic N) is 4. The Kier molecular flexibility index (Phi) is 3.11. The van der Waals surface area contributed by atoms with Gasteiger partial charge in [-0.1, -0.05) is 12.1 Å². The molecule has 0 amide bonds. The van der Waals surface area contributed by atoms with Crippen LogP contribution in [0.3, 0.4) is 0 Å². The molecule has 0 fully saturated rings. The Morgan fingerprint density at radius 1 is 1.25 bits per heavy atom. The van der Waals surface area contributed by atoms with Crippen LogP contribution in [0.4, 0.5) is 0 Å². The normalized spacial score (nSPS) is 12.6. The molecule has 1 unspecified atom stereocenters. The molecule has 2 aromatic rings. The van der Waals surface area contributed by atoms with E-state index in [2.05, 4.69) is 15.4 Å². The smallest absolute Gasteiger partial charge is 0.162 e. The summed E-state index contributed by atoms with van der Waals surface area (Å²) in [7, 11) is 0. The van der Waals surface area contributed by atoms with Crippen molar-refractivity contribution < 1.29 is 10.2 Å². The summed E-state index contributed by atoms with van der Waals surface area (Å²) in [6.07, 6.45) is 1.92. The second-order valence-corrected chi connectivity index (χ2v) is 3.46. The summed E-state index contributed by atoms with van der Waals surface area (Å²) in [5.41, 5.74) is 0.995. The van der Waals surface area contributed by atoms with E-state index >= 15 is 0 Å². The van der Waals surface area contributed by atoms with Crippen LogP contribution < -0.4 is 0 Å². The number of aromatic nitrogens is 4. The Bertz CT molecular complexity index is 427. The maximum Gasteiger partial charge on any atom is 0.162 e. The van der Waals surface area contributed by atoms with E-state index in [9.17, 15) is 5.11 Å². The van der Waals surface area contributed by atoms with Gasteiger partial charge in [-0.15, -0.1) is 10.2 Å². The van der Waals surface area contributed by atoms with Gasteiger partial charge in [0.1, 0.15) is 11.8 Å². The number of aliphatic hydroxyl groups is 1. The average Bonchev–Trinajstić information content (AvgIpc) is 2.82. The van der Waals surface area contributed by atoms with Crippen molar-refractivity contribution in [3.63, 3.8) is 0 Å². The van der Waals surface area contributed by atoms with Crippen LogP contribution in [-0.4, -0.2) is 37.0 Å². The molecule has 6 nitrogen and oxygen atoms in total. The Morgan fingerprint density at radius 2 is 2.00 bits per heavy atom. The summed E-state index contributed by atoms with van der Waals surface area (Å²) in [5.74, 6) is 0.225. The van der Waals surface area contributed by atoms with Gasteiger partial charge in [0.25, 0.3) is 0 Å². The maximum absolute atomic E-state index is 9.24. The Hall–Kier alpha value is -1.95. The van der Waals surface area contributed by atoms with Gasteiger partial charge in [-0.2, -0.15) is 4.80 Å². The van der Waals surface area contributed by atoms with Crippen molar-refractivity contribution in [1.29, 1.82) is 0 Å². The van der Waals surface area contributed by atoms with Crippen LogP contribution in [0.2, 0.25) is 0 Å². The zero-order valence-electron chi connectivity index (χ0n) is 8.56. The summed E-state index contributed by atoms with van der Waals surface area (Å²) in [6.45, 7) is -0.0583. The molecular weight excluding hydrogens is 208 g/mol. The summed E-state index contributed by atoms with van der Waals surface area (Å²) >= 11 is 0. The Morgan fingerprint density at radius 3 is 2.56 bits per heavy atom. The first kappa shape index (κ1) is 10.6. The highest BCUT2D eigenvalue weighted by Crippen LogP contribution is 2.15.